The molecule has 2 aromatic heterocycles. The number of H-pyrrole nitrogens is 1. The quantitative estimate of drug-likeness (QED) is 0.244. The number of aromatic amines is 1. The van der Waals surface area contributed by atoms with Crippen molar-refractivity contribution in [2.75, 3.05) is 19.1 Å². The van der Waals surface area contributed by atoms with Crippen molar-refractivity contribution in [1.82, 2.24) is 15.0 Å². The summed E-state index contributed by atoms with van der Waals surface area (Å²) in [5.41, 5.74) is 1.81. The number of benzene rings is 2. The number of aliphatic hydroxyl groups is 1. The summed E-state index contributed by atoms with van der Waals surface area (Å²) >= 11 is 6.30. The molecule has 2 N–H and O–H groups in total. The summed E-state index contributed by atoms with van der Waals surface area (Å²) in [4.78, 5) is 39.6. The second-order valence-corrected chi connectivity index (χ2v) is 8.13. The molecule has 1 saturated heterocycles. The SMILES string of the molecule is COc1cc(OC)c(/C(O)=C2\C(=O)C(=O)N(c3nc4ccccc4[nH]3)C2c2cccnc2)cc1Cl. The van der Waals surface area contributed by atoms with Gasteiger partial charge in [0.25, 0.3) is 5.78 Å². The molecule has 0 saturated carbocycles. The number of ether oxygens (including phenoxy) is 2. The minimum Gasteiger partial charge on any atom is -0.507 e. The zero-order chi connectivity index (χ0) is 24.7. The number of methoxy groups -OCH3 is 2. The highest BCUT2D eigenvalue weighted by atomic mass is 35.5. The third kappa shape index (κ3) is 3.66. The molecule has 0 aliphatic carbocycles. The number of para-hydroxylation sites is 2. The van der Waals surface area contributed by atoms with Gasteiger partial charge in [0.2, 0.25) is 5.95 Å². The molecule has 176 valence electrons. The van der Waals surface area contributed by atoms with Crippen molar-refractivity contribution >= 4 is 46.0 Å². The van der Waals surface area contributed by atoms with Gasteiger partial charge in [-0.1, -0.05) is 29.8 Å². The molecule has 1 aliphatic rings. The van der Waals surface area contributed by atoms with E-state index in [1.165, 1.54) is 37.4 Å². The van der Waals surface area contributed by atoms with Crippen molar-refractivity contribution in [3.63, 3.8) is 0 Å². The fraction of sp³-hybridized carbons (Fsp3) is 0.120. The monoisotopic (exact) mass is 490 g/mol. The van der Waals surface area contributed by atoms with Gasteiger partial charge in [-0.15, -0.1) is 0 Å². The molecule has 0 radical (unpaired) electrons. The fourth-order valence-electron chi connectivity index (χ4n) is 4.15. The number of rotatable bonds is 5. The van der Waals surface area contributed by atoms with Gasteiger partial charge in [0.15, 0.2) is 0 Å². The number of nitrogens with zero attached hydrogens (tertiary/aromatic N) is 3. The van der Waals surface area contributed by atoms with Gasteiger partial charge in [0.05, 0.1) is 47.5 Å². The number of halogens is 1. The molecule has 1 atom stereocenters. The number of hydrogen-bond acceptors (Lipinski definition) is 7. The Labute approximate surface area is 204 Å². The zero-order valence-corrected chi connectivity index (χ0v) is 19.4. The molecule has 35 heavy (non-hydrogen) atoms. The first-order chi connectivity index (χ1) is 16.9. The van der Waals surface area contributed by atoms with Gasteiger partial charge in [-0.05, 0) is 29.8 Å². The molecule has 9 nitrogen and oxygen atoms in total. The Hall–Kier alpha value is -4.37. The van der Waals surface area contributed by atoms with Gasteiger partial charge in [0.1, 0.15) is 17.3 Å². The van der Waals surface area contributed by atoms with Crippen molar-refractivity contribution in [3.05, 3.63) is 82.6 Å². The number of fused-ring (bicyclic) bond motifs is 1. The van der Waals surface area contributed by atoms with Crippen LogP contribution in [0.25, 0.3) is 16.8 Å². The van der Waals surface area contributed by atoms with Crippen LogP contribution in [-0.4, -0.2) is 46.0 Å². The number of carbonyl (C=O) groups is 2. The first-order valence-corrected chi connectivity index (χ1v) is 10.9. The highest BCUT2D eigenvalue weighted by Gasteiger charge is 2.48. The van der Waals surface area contributed by atoms with Gasteiger partial charge in [-0.2, -0.15) is 0 Å². The van der Waals surface area contributed by atoms with E-state index in [0.717, 1.165) is 0 Å². The number of imidazole rings is 1. The van der Waals surface area contributed by atoms with E-state index in [2.05, 4.69) is 15.0 Å². The van der Waals surface area contributed by atoms with Crippen LogP contribution >= 0.6 is 11.6 Å². The Bertz CT molecular complexity index is 1470. The number of Topliss-reactive ketones (excluding diaryl/α,β-unsaturated/α-hetero) is 1. The smallest absolute Gasteiger partial charge is 0.302 e. The summed E-state index contributed by atoms with van der Waals surface area (Å²) in [7, 11) is 2.85. The lowest BCUT2D eigenvalue weighted by Gasteiger charge is -2.23. The molecular weight excluding hydrogens is 472 g/mol. The molecule has 0 spiro atoms. The molecule has 1 unspecified atom stereocenters. The highest BCUT2D eigenvalue weighted by molar-refractivity contribution is 6.51. The van der Waals surface area contributed by atoms with E-state index in [1.807, 2.05) is 18.2 Å². The van der Waals surface area contributed by atoms with E-state index in [9.17, 15) is 14.7 Å². The van der Waals surface area contributed by atoms with Crippen molar-refractivity contribution in [1.29, 1.82) is 0 Å². The van der Waals surface area contributed by atoms with Gasteiger partial charge in [0, 0.05) is 18.5 Å². The number of carbonyl (C=O) groups excluding carboxylic acids is 2. The second kappa shape index (κ2) is 8.77. The molecular formula is C25H19ClN4O5. The Morgan fingerprint density at radius 3 is 2.54 bits per heavy atom. The van der Waals surface area contributed by atoms with Crippen LogP contribution in [0.3, 0.4) is 0 Å². The van der Waals surface area contributed by atoms with Crippen LogP contribution in [0.1, 0.15) is 17.2 Å². The maximum absolute atomic E-state index is 13.3. The number of aromatic nitrogens is 3. The second-order valence-electron chi connectivity index (χ2n) is 7.72. The number of anilines is 1. The maximum Gasteiger partial charge on any atom is 0.302 e. The molecule has 1 aliphatic heterocycles. The first-order valence-electron chi connectivity index (χ1n) is 10.5. The molecule has 1 amide bonds. The lowest BCUT2D eigenvalue weighted by atomic mass is 9.96. The van der Waals surface area contributed by atoms with Crippen molar-refractivity contribution in [3.8, 4) is 11.5 Å². The Balaban J connectivity index is 1.75. The third-order valence-electron chi connectivity index (χ3n) is 5.78. The number of amides is 1. The average Bonchev–Trinajstić information content (AvgIpc) is 3.42. The van der Waals surface area contributed by atoms with E-state index >= 15 is 0 Å². The summed E-state index contributed by atoms with van der Waals surface area (Å²) in [6, 6.07) is 12.5. The van der Waals surface area contributed by atoms with Crippen LogP contribution in [-0.2, 0) is 9.59 Å². The molecule has 1 fully saturated rings. The van der Waals surface area contributed by atoms with Crippen LogP contribution in [0.2, 0.25) is 5.02 Å². The normalized spacial score (nSPS) is 17.2. The van der Waals surface area contributed by atoms with E-state index in [0.29, 0.717) is 22.3 Å². The van der Waals surface area contributed by atoms with Crippen LogP contribution in [0.4, 0.5) is 5.95 Å². The van der Waals surface area contributed by atoms with Gasteiger partial charge in [-0.3, -0.25) is 19.5 Å². The average molecular weight is 491 g/mol. The number of ketones is 1. The number of aliphatic hydroxyl groups excluding tert-OH is 1. The fourth-order valence-corrected chi connectivity index (χ4v) is 4.39. The van der Waals surface area contributed by atoms with Crippen LogP contribution in [0.5, 0.6) is 11.5 Å². The van der Waals surface area contributed by atoms with Gasteiger partial charge < -0.3 is 19.6 Å². The van der Waals surface area contributed by atoms with Gasteiger partial charge >= 0.3 is 5.91 Å². The van der Waals surface area contributed by atoms with E-state index in [1.54, 1.807) is 24.4 Å². The Morgan fingerprint density at radius 2 is 1.86 bits per heavy atom. The Morgan fingerprint density at radius 1 is 1.09 bits per heavy atom. The first kappa shape index (κ1) is 22.4. The number of hydrogen-bond donors (Lipinski definition) is 2. The van der Waals surface area contributed by atoms with E-state index in [4.69, 9.17) is 21.1 Å². The van der Waals surface area contributed by atoms with Crippen molar-refractivity contribution in [2.24, 2.45) is 0 Å². The van der Waals surface area contributed by atoms with Crippen LogP contribution in [0, 0.1) is 0 Å². The minimum atomic E-state index is -1.00. The molecule has 5 rings (SSSR count). The standard InChI is InChI=1S/C25H19ClN4O5/c1-34-18-11-19(35-2)15(26)10-14(18)22(31)20-21(13-6-5-9-27-12-13)30(24(33)23(20)32)25-28-16-7-3-4-8-17(16)29-25/h3-12,21,31H,1-2H3,(H,28,29)/b22-20+. The summed E-state index contributed by atoms with van der Waals surface area (Å²) < 4.78 is 10.6. The van der Waals surface area contributed by atoms with E-state index < -0.39 is 23.5 Å². The van der Waals surface area contributed by atoms with Crippen LogP contribution in [0.15, 0.2) is 66.5 Å². The minimum absolute atomic E-state index is 0.134. The topological polar surface area (TPSA) is 118 Å². The van der Waals surface area contributed by atoms with E-state index in [-0.39, 0.29) is 27.9 Å². The molecule has 2 aromatic carbocycles. The van der Waals surface area contributed by atoms with Crippen molar-refractivity contribution in [2.45, 2.75) is 6.04 Å². The number of pyridine rings is 1. The molecule has 3 heterocycles. The highest BCUT2D eigenvalue weighted by Crippen LogP contribution is 2.44. The lowest BCUT2D eigenvalue weighted by molar-refractivity contribution is -0.132. The van der Waals surface area contributed by atoms with Crippen LogP contribution < -0.4 is 14.4 Å². The zero-order valence-electron chi connectivity index (χ0n) is 18.7. The third-order valence-corrected chi connectivity index (χ3v) is 6.07. The predicted molar refractivity (Wildman–Crippen MR) is 130 cm³/mol. The predicted octanol–water partition coefficient (Wildman–Crippen LogP) is 4.25. The summed E-state index contributed by atoms with van der Waals surface area (Å²) in [6.07, 6.45) is 3.10. The largest absolute Gasteiger partial charge is 0.507 e. The summed E-state index contributed by atoms with van der Waals surface area (Å²) in [5.74, 6) is -1.47. The van der Waals surface area contributed by atoms with Crippen molar-refractivity contribution < 1.29 is 24.2 Å². The Kier molecular flexibility index (Phi) is 5.62. The molecule has 0 bridgehead atoms. The summed E-state index contributed by atoms with van der Waals surface area (Å²) in [6.45, 7) is 0. The number of nitrogens with one attached hydrogen (secondary N) is 1. The molecule has 10 heteroatoms. The lowest BCUT2D eigenvalue weighted by Crippen LogP contribution is -2.30. The maximum atomic E-state index is 13.3. The molecule has 4 aromatic rings. The van der Waals surface area contributed by atoms with Gasteiger partial charge in [-0.25, -0.2) is 4.98 Å². The summed E-state index contributed by atoms with van der Waals surface area (Å²) in [5, 5.41) is 11.6.